The topological polar surface area (TPSA) is 187 Å². The van der Waals surface area contributed by atoms with Crippen molar-refractivity contribution in [2.75, 3.05) is 13.2 Å². The van der Waals surface area contributed by atoms with Gasteiger partial charge in [-0.2, -0.15) is 5.10 Å². The number of hydrogen-bond donors (Lipinski definition) is 7. The van der Waals surface area contributed by atoms with E-state index in [0.717, 1.165) is 57.8 Å². The maximum absolute atomic E-state index is 13.2. The van der Waals surface area contributed by atoms with E-state index in [1.54, 1.807) is 10.9 Å². The molecule has 8 atom stereocenters. The second-order valence-corrected chi connectivity index (χ2v) is 18.7. The minimum Gasteiger partial charge on any atom is -0.394 e. The summed E-state index contributed by atoms with van der Waals surface area (Å²) >= 11 is 0. The second-order valence-electron chi connectivity index (χ2n) is 18.7. The molecule has 12 nitrogen and oxygen atoms in total. The van der Waals surface area contributed by atoms with Gasteiger partial charge in [0.05, 0.1) is 25.5 Å². The first-order chi connectivity index (χ1) is 31.2. The van der Waals surface area contributed by atoms with Gasteiger partial charge < -0.3 is 45.4 Å². The maximum atomic E-state index is 13.2. The Bertz CT molecular complexity index is 1400. The molecule has 64 heavy (non-hydrogen) atoms. The molecular formula is C52H91N3O9. The van der Waals surface area contributed by atoms with Gasteiger partial charge in [0.25, 0.3) is 0 Å². The zero-order valence-corrected chi connectivity index (χ0v) is 39.8. The molecule has 1 aromatic heterocycles. The second kappa shape index (κ2) is 35.7. The lowest BCUT2D eigenvalue weighted by Gasteiger charge is -2.40. The lowest BCUT2D eigenvalue weighted by Crippen LogP contribution is -2.60. The largest absolute Gasteiger partial charge is 0.394 e. The molecule has 2 aromatic rings. The molecule has 1 saturated heterocycles. The Hall–Kier alpha value is -2.42. The third-order valence-electron chi connectivity index (χ3n) is 13.1. The van der Waals surface area contributed by atoms with Gasteiger partial charge in [0.15, 0.2) is 6.29 Å². The van der Waals surface area contributed by atoms with Gasteiger partial charge in [-0.05, 0) is 31.2 Å². The highest BCUT2D eigenvalue weighted by Crippen LogP contribution is 2.25. The van der Waals surface area contributed by atoms with E-state index in [1.165, 1.54) is 134 Å². The van der Waals surface area contributed by atoms with Crippen molar-refractivity contribution < 1.29 is 44.9 Å². The lowest BCUT2D eigenvalue weighted by atomic mass is 9.99. The molecule has 0 radical (unpaired) electrons. The number of aliphatic hydroxyl groups is 6. The van der Waals surface area contributed by atoms with Crippen LogP contribution in [-0.2, 0) is 27.2 Å². The Kier molecular flexibility index (Phi) is 31.2. The van der Waals surface area contributed by atoms with Crippen molar-refractivity contribution in [3.05, 3.63) is 53.9 Å². The summed E-state index contributed by atoms with van der Waals surface area (Å²) < 4.78 is 13.0. The fourth-order valence-corrected chi connectivity index (χ4v) is 8.83. The zero-order chi connectivity index (χ0) is 46.0. The molecular weight excluding hydrogens is 811 g/mol. The van der Waals surface area contributed by atoms with Gasteiger partial charge in [-0.15, -0.1) is 0 Å². The van der Waals surface area contributed by atoms with Crippen LogP contribution in [-0.4, -0.2) is 102 Å². The van der Waals surface area contributed by atoms with Crippen molar-refractivity contribution in [1.29, 1.82) is 0 Å². The minimum absolute atomic E-state index is 0.239. The zero-order valence-electron chi connectivity index (χ0n) is 39.8. The molecule has 1 fully saturated rings. The predicted octanol–water partition coefficient (Wildman–Crippen LogP) is 9.15. The molecule has 0 saturated carbocycles. The number of aryl methyl sites for hydroxylation is 2. The quantitative estimate of drug-likeness (QED) is 0.0318. The van der Waals surface area contributed by atoms with Gasteiger partial charge in [-0.25, -0.2) is 0 Å². The van der Waals surface area contributed by atoms with E-state index >= 15 is 0 Å². The fourth-order valence-electron chi connectivity index (χ4n) is 8.83. The monoisotopic (exact) mass is 902 g/mol. The average Bonchev–Trinajstić information content (AvgIpc) is 3.79. The Morgan fingerprint density at radius 1 is 0.688 bits per heavy atom. The van der Waals surface area contributed by atoms with Crippen molar-refractivity contribution in [3.8, 4) is 0 Å². The number of carbonyl (C=O) groups excluding carboxylic acids is 1. The molecule has 0 unspecified atom stereocenters. The van der Waals surface area contributed by atoms with Crippen molar-refractivity contribution in [2.24, 2.45) is 0 Å². The smallest absolute Gasteiger partial charge is 0.220 e. The number of nitrogens with one attached hydrogen (secondary N) is 1. The maximum Gasteiger partial charge on any atom is 0.220 e. The molecule has 7 N–H and O–H groups in total. The summed E-state index contributed by atoms with van der Waals surface area (Å²) in [5.74, 6) is -0.309. The number of amides is 1. The summed E-state index contributed by atoms with van der Waals surface area (Å²) in [5.41, 5.74) is 1.75. The van der Waals surface area contributed by atoms with E-state index in [0.29, 0.717) is 18.5 Å². The molecule has 1 aliphatic rings. The van der Waals surface area contributed by atoms with Crippen LogP contribution >= 0.6 is 0 Å². The third kappa shape index (κ3) is 23.9. The third-order valence-corrected chi connectivity index (χ3v) is 13.1. The molecule has 12 heteroatoms. The molecule has 0 aliphatic carbocycles. The molecule has 0 bridgehead atoms. The standard InChI is InChI=1S/C52H91N3O9/c1-2-3-4-5-6-7-8-9-10-11-12-13-14-15-16-17-18-19-20-21-22-25-31-36-46(57)54-44(41-63-52-51(62)50(61)49(60)45(40-56)64-52)48(59)47(58)43-38-53-55(39-43)37-32-26-23-24-28-33-42-34-29-27-30-35-42/h27,29-30,34-35,38-39,44-45,47-52,56,58-62H,2-26,28,31-33,36-37,40-41H2,1H3,(H,54,57)/t44-,45+,47+,48-,49-,50-,51+,52-/m0/s1. The van der Waals surface area contributed by atoms with Gasteiger partial charge in [-0.3, -0.25) is 9.48 Å². The Balaban J connectivity index is 1.30. The molecule has 2 heterocycles. The highest BCUT2D eigenvalue weighted by atomic mass is 16.7. The van der Waals surface area contributed by atoms with Crippen molar-refractivity contribution in [2.45, 2.75) is 255 Å². The number of unbranched alkanes of at least 4 members (excludes halogenated alkanes) is 26. The van der Waals surface area contributed by atoms with E-state index in [4.69, 9.17) is 9.47 Å². The first-order valence-corrected chi connectivity index (χ1v) is 25.9. The van der Waals surface area contributed by atoms with Gasteiger partial charge in [0.1, 0.15) is 36.6 Å². The van der Waals surface area contributed by atoms with Gasteiger partial charge in [0.2, 0.25) is 5.91 Å². The van der Waals surface area contributed by atoms with Crippen LogP contribution in [0, 0.1) is 0 Å². The van der Waals surface area contributed by atoms with Crippen LogP contribution in [0.2, 0.25) is 0 Å². The molecule has 1 aliphatic heterocycles. The van der Waals surface area contributed by atoms with E-state index in [2.05, 4.69) is 41.6 Å². The predicted molar refractivity (Wildman–Crippen MR) is 255 cm³/mol. The number of aromatic nitrogens is 2. The summed E-state index contributed by atoms with van der Waals surface area (Å²) in [4.78, 5) is 13.2. The summed E-state index contributed by atoms with van der Waals surface area (Å²) in [6.07, 6.45) is 29.3. The summed E-state index contributed by atoms with van der Waals surface area (Å²) in [6, 6.07) is 9.39. The van der Waals surface area contributed by atoms with Crippen molar-refractivity contribution in [3.63, 3.8) is 0 Å². The summed E-state index contributed by atoms with van der Waals surface area (Å²) in [6.45, 7) is 1.94. The molecule has 1 aromatic carbocycles. The number of rotatable bonds is 40. The number of hydrogen-bond acceptors (Lipinski definition) is 10. The van der Waals surface area contributed by atoms with Crippen molar-refractivity contribution in [1.82, 2.24) is 15.1 Å². The molecule has 0 spiro atoms. The number of ether oxygens (including phenoxy) is 2. The Labute approximate surface area is 386 Å². The van der Waals surface area contributed by atoms with Crippen LogP contribution < -0.4 is 5.32 Å². The van der Waals surface area contributed by atoms with E-state index in [9.17, 15) is 35.4 Å². The van der Waals surface area contributed by atoms with Crippen molar-refractivity contribution >= 4 is 5.91 Å². The van der Waals surface area contributed by atoms with Gasteiger partial charge in [-0.1, -0.05) is 198 Å². The summed E-state index contributed by atoms with van der Waals surface area (Å²) in [7, 11) is 0. The Morgan fingerprint density at radius 3 is 1.72 bits per heavy atom. The highest BCUT2D eigenvalue weighted by molar-refractivity contribution is 5.76. The normalized spacial score (nSPS) is 20.3. The lowest BCUT2D eigenvalue weighted by molar-refractivity contribution is -0.303. The van der Waals surface area contributed by atoms with Gasteiger partial charge >= 0.3 is 0 Å². The fraction of sp³-hybridized carbons (Fsp3) is 0.808. The van der Waals surface area contributed by atoms with Crippen LogP contribution in [0.25, 0.3) is 0 Å². The van der Waals surface area contributed by atoms with E-state index in [1.807, 2.05) is 6.07 Å². The average molecular weight is 902 g/mol. The molecule has 3 rings (SSSR count). The van der Waals surface area contributed by atoms with Gasteiger partial charge in [0, 0.05) is 24.7 Å². The molecule has 368 valence electrons. The number of nitrogens with zero attached hydrogens (tertiary/aromatic N) is 2. The molecule has 1 amide bonds. The summed E-state index contributed by atoms with van der Waals surface area (Å²) in [5, 5.41) is 70.4. The highest BCUT2D eigenvalue weighted by Gasteiger charge is 2.44. The Morgan fingerprint density at radius 2 is 1.19 bits per heavy atom. The number of carbonyl (C=O) groups is 1. The number of aliphatic hydroxyl groups excluding tert-OH is 6. The van der Waals surface area contributed by atoms with Crippen LogP contribution in [0.15, 0.2) is 42.7 Å². The van der Waals surface area contributed by atoms with Crippen LogP contribution in [0.3, 0.4) is 0 Å². The SMILES string of the molecule is CCCCCCCCCCCCCCCCCCCCCCCCCC(=O)N[C@@H](CO[C@H]1O[C@H](CO)[C@H](O)[C@H](O)[C@H]1O)[C@H](O)[C@H](O)c1cnn(CCCCCCCc2ccccc2)c1. The van der Waals surface area contributed by atoms with E-state index < -0.39 is 55.6 Å². The number of benzene rings is 1. The first-order valence-electron chi connectivity index (χ1n) is 25.9. The minimum atomic E-state index is -1.65. The van der Waals surface area contributed by atoms with E-state index in [-0.39, 0.29) is 18.9 Å². The van der Waals surface area contributed by atoms with Crippen LogP contribution in [0.5, 0.6) is 0 Å². The van der Waals surface area contributed by atoms with Crippen LogP contribution in [0.4, 0.5) is 0 Å². The van der Waals surface area contributed by atoms with Crippen LogP contribution in [0.1, 0.15) is 210 Å². The first kappa shape index (κ1) is 55.9.